The van der Waals surface area contributed by atoms with Gasteiger partial charge in [-0.1, -0.05) is 0 Å². The highest BCUT2D eigenvalue weighted by Crippen LogP contribution is 2.08. The Morgan fingerprint density at radius 2 is 2.55 bits per heavy atom. The Kier molecular flexibility index (Phi) is 2.68. The van der Waals surface area contributed by atoms with Crippen LogP contribution in [0.4, 0.5) is 5.82 Å². The summed E-state index contributed by atoms with van der Waals surface area (Å²) >= 11 is 0. The van der Waals surface area contributed by atoms with Crippen LogP contribution in [0.1, 0.15) is 5.56 Å². The van der Waals surface area contributed by atoms with E-state index in [0.717, 1.165) is 12.1 Å². The molecule has 0 atom stereocenters. The number of rotatable bonds is 3. The lowest BCUT2D eigenvalue weighted by Gasteiger charge is -1.97. The SMILES string of the molecule is CNCc1ccnc(N=O)c1. The van der Waals surface area contributed by atoms with Crippen LogP contribution in [0.25, 0.3) is 0 Å². The second-order valence-electron chi connectivity index (χ2n) is 2.14. The molecule has 0 unspecified atom stereocenters. The van der Waals surface area contributed by atoms with Crippen LogP contribution in [0.15, 0.2) is 23.5 Å². The average Bonchev–Trinajstić information content (AvgIpc) is 2.06. The van der Waals surface area contributed by atoms with Gasteiger partial charge in [0.2, 0.25) is 0 Å². The summed E-state index contributed by atoms with van der Waals surface area (Å²) in [5.41, 5.74) is 1.01. The van der Waals surface area contributed by atoms with Crippen molar-refractivity contribution in [3.8, 4) is 0 Å². The predicted octanol–water partition coefficient (Wildman–Crippen LogP) is 1.20. The van der Waals surface area contributed by atoms with Gasteiger partial charge in [-0.25, -0.2) is 4.98 Å². The summed E-state index contributed by atoms with van der Waals surface area (Å²) in [7, 11) is 1.84. The second-order valence-corrected chi connectivity index (χ2v) is 2.14. The smallest absolute Gasteiger partial charge is 0.196 e. The molecule has 0 radical (unpaired) electrons. The zero-order chi connectivity index (χ0) is 8.10. The van der Waals surface area contributed by atoms with Gasteiger partial charge in [0.1, 0.15) is 0 Å². The molecule has 0 fully saturated rings. The Labute approximate surface area is 64.6 Å². The molecular weight excluding hydrogens is 142 g/mol. The summed E-state index contributed by atoms with van der Waals surface area (Å²) in [6.07, 6.45) is 1.57. The fourth-order valence-corrected chi connectivity index (χ4v) is 0.825. The zero-order valence-electron chi connectivity index (χ0n) is 6.24. The molecule has 4 nitrogen and oxygen atoms in total. The van der Waals surface area contributed by atoms with Gasteiger partial charge in [0.05, 0.1) is 0 Å². The van der Waals surface area contributed by atoms with Crippen molar-refractivity contribution in [1.29, 1.82) is 0 Å². The van der Waals surface area contributed by atoms with E-state index in [1.165, 1.54) is 0 Å². The van der Waals surface area contributed by atoms with Crippen LogP contribution in [0.2, 0.25) is 0 Å². The minimum absolute atomic E-state index is 0.234. The Bertz CT molecular complexity index is 249. The van der Waals surface area contributed by atoms with E-state index in [1.807, 2.05) is 13.1 Å². The molecule has 0 aromatic carbocycles. The maximum absolute atomic E-state index is 10.0. The summed E-state index contributed by atoms with van der Waals surface area (Å²) in [5.74, 6) is 0.234. The molecule has 1 aromatic heterocycles. The largest absolute Gasteiger partial charge is 0.316 e. The zero-order valence-corrected chi connectivity index (χ0v) is 6.24. The third-order valence-electron chi connectivity index (χ3n) is 1.28. The third-order valence-corrected chi connectivity index (χ3v) is 1.28. The van der Waals surface area contributed by atoms with Crippen LogP contribution in [0.5, 0.6) is 0 Å². The van der Waals surface area contributed by atoms with Gasteiger partial charge in [0.15, 0.2) is 5.82 Å². The van der Waals surface area contributed by atoms with E-state index in [-0.39, 0.29) is 5.82 Å². The Morgan fingerprint density at radius 3 is 3.18 bits per heavy atom. The Balaban J connectivity index is 2.82. The van der Waals surface area contributed by atoms with Crippen LogP contribution in [-0.2, 0) is 6.54 Å². The van der Waals surface area contributed by atoms with Gasteiger partial charge in [-0.05, 0) is 29.9 Å². The number of nitroso groups, excluding NO2 is 1. The molecule has 58 valence electrons. The monoisotopic (exact) mass is 151 g/mol. The lowest BCUT2D eigenvalue weighted by atomic mass is 10.2. The van der Waals surface area contributed by atoms with Gasteiger partial charge in [-0.2, -0.15) is 0 Å². The van der Waals surface area contributed by atoms with Crippen LogP contribution < -0.4 is 5.32 Å². The van der Waals surface area contributed by atoms with Gasteiger partial charge < -0.3 is 5.32 Å². The highest BCUT2D eigenvalue weighted by molar-refractivity contribution is 5.30. The molecule has 0 spiro atoms. The lowest BCUT2D eigenvalue weighted by Crippen LogP contribution is -2.04. The number of nitrogens with zero attached hydrogens (tertiary/aromatic N) is 2. The van der Waals surface area contributed by atoms with Gasteiger partial charge in [-0.3, -0.25) is 0 Å². The van der Waals surface area contributed by atoms with Gasteiger partial charge in [0.25, 0.3) is 0 Å². The maximum Gasteiger partial charge on any atom is 0.196 e. The number of pyridine rings is 1. The highest BCUT2D eigenvalue weighted by atomic mass is 16.3. The van der Waals surface area contributed by atoms with E-state index in [9.17, 15) is 4.91 Å². The van der Waals surface area contributed by atoms with Crippen LogP contribution >= 0.6 is 0 Å². The van der Waals surface area contributed by atoms with Gasteiger partial charge in [0, 0.05) is 12.7 Å². The highest BCUT2D eigenvalue weighted by Gasteiger charge is 1.94. The fraction of sp³-hybridized carbons (Fsp3) is 0.286. The summed E-state index contributed by atoms with van der Waals surface area (Å²) in [4.78, 5) is 13.8. The molecule has 0 saturated heterocycles. The van der Waals surface area contributed by atoms with E-state index >= 15 is 0 Å². The lowest BCUT2D eigenvalue weighted by molar-refractivity contribution is 0.816. The third kappa shape index (κ3) is 2.09. The Hall–Kier alpha value is -1.29. The van der Waals surface area contributed by atoms with Crippen molar-refractivity contribution in [2.45, 2.75) is 6.54 Å². The summed E-state index contributed by atoms with van der Waals surface area (Å²) in [6.45, 7) is 0.727. The standard InChI is InChI=1S/C7H9N3O/c1-8-5-6-2-3-9-7(4-6)10-11/h2-4,8H,5H2,1H3. The van der Waals surface area contributed by atoms with Crippen molar-refractivity contribution in [1.82, 2.24) is 10.3 Å². The van der Waals surface area contributed by atoms with Crippen molar-refractivity contribution < 1.29 is 0 Å². The molecule has 1 N–H and O–H groups in total. The first-order chi connectivity index (χ1) is 5.36. The van der Waals surface area contributed by atoms with Crippen molar-refractivity contribution in [2.24, 2.45) is 5.18 Å². The molecule has 0 amide bonds. The first-order valence-electron chi connectivity index (χ1n) is 3.29. The average molecular weight is 151 g/mol. The van der Waals surface area contributed by atoms with E-state index < -0.39 is 0 Å². The van der Waals surface area contributed by atoms with Gasteiger partial charge >= 0.3 is 0 Å². The van der Waals surface area contributed by atoms with E-state index in [2.05, 4.69) is 15.5 Å². The molecule has 0 aliphatic heterocycles. The molecule has 1 rings (SSSR count). The summed E-state index contributed by atoms with van der Waals surface area (Å²) < 4.78 is 0. The van der Waals surface area contributed by atoms with E-state index in [1.54, 1.807) is 12.3 Å². The summed E-state index contributed by atoms with van der Waals surface area (Å²) in [5, 5.41) is 5.69. The predicted molar refractivity (Wildman–Crippen MR) is 42.5 cm³/mol. The van der Waals surface area contributed by atoms with Gasteiger partial charge in [-0.15, -0.1) is 4.91 Å². The number of hydrogen-bond acceptors (Lipinski definition) is 4. The second kappa shape index (κ2) is 3.78. The molecule has 1 aromatic rings. The topological polar surface area (TPSA) is 54.4 Å². The molecule has 0 saturated carbocycles. The molecule has 4 heteroatoms. The molecular formula is C7H9N3O. The first-order valence-corrected chi connectivity index (χ1v) is 3.29. The normalized spacial score (nSPS) is 9.55. The Morgan fingerprint density at radius 1 is 1.73 bits per heavy atom. The number of hydrogen-bond donors (Lipinski definition) is 1. The van der Waals surface area contributed by atoms with Crippen molar-refractivity contribution in [2.75, 3.05) is 7.05 Å². The number of aromatic nitrogens is 1. The maximum atomic E-state index is 10.0. The van der Waals surface area contributed by atoms with Crippen molar-refractivity contribution in [3.63, 3.8) is 0 Å². The molecule has 0 aliphatic rings. The first kappa shape index (κ1) is 7.81. The quantitative estimate of drug-likeness (QED) is 0.660. The van der Waals surface area contributed by atoms with E-state index in [4.69, 9.17) is 0 Å². The summed E-state index contributed by atoms with van der Waals surface area (Å²) in [6, 6.07) is 3.49. The minimum atomic E-state index is 0.234. The van der Waals surface area contributed by atoms with Crippen LogP contribution in [-0.4, -0.2) is 12.0 Å². The molecule has 0 aliphatic carbocycles. The van der Waals surface area contributed by atoms with Crippen molar-refractivity contribution >= 4 is 5.82 Å². The minimum Gasteiger partial charge on any atom is -0.316 e. The van der Waals surface area contributed by atoms with Crippen LogP contribution in [0, 0.1) is 4.91 Å². The van der Waals surface area contributed by atoms with E-state index in [0.29, 0.717) is 0 Å². The van der Waals surface area contributed by atoms with Crippen LogP contribution in [0.3, 0.4) is 0 Å². The number of nitrogens with one attached hydrogen (secondary N) is 1. The fourth-order valence-electron chi connectivity index (χ4n) is 0.825. The molecule has 11 heavy (non-hydrogen) atoms. The van der Waals surface area contributed by atoms with Crippen molar-refractivity contribution in [3.05, 3.63) is 28.8 Å². The molecule has 1 heterocycles. The molecule has 0 bridgehead atoms.